The third-order valence-electron chi connectivity index (χ3n) is 3.06. The Hall–Kier alpha value is -1.74. The highest BCUT2D eigenvalue weighted by molar-refractivity contribution is 5.31. The molecule has 1 atom stereocenters. The molecule has 0 saturated carbocycles. The van der Waals surface area contributed by atoms with Gasteiger partial charge in [-0.1, -0.05) is 24.3 Å². The molecule has 0 aromatic heterocycles. The zero-order chi connectivity index (χ0) is 13.6. The van der Waals surface area contributed by atoms with Crippen molar-refractivity contribution in [2.24, 2.45) is 0 Å². The van der Waals surface area contributed by atoms with E-state index >= 15 is 0 Å². The summed E-state index contributed by atoms with van der Waals surface area (Å²) in [4.78, 5) is 0. The molecule has 102 valence electrons. The summed E-state index contributed by atoms with van der Waals surface area (Å²) in [5, 5.41) is 0. The fourth-order valence-corrected chi connectivity index (χ4v) is 1.92. The molecule has 0 bridgehead atoms. The van der Waals surface area contributed by atoms with Crippen LogP contribution in [-0.4, -0.2) is 25.9 Å². The van der Waals surface area contributed by atoms with Gasteiger partial charge in [0, 0.05) is 0 Å². The van der Waals surface area contributed by atoms with Gasteiger partial charge in [0.25, 0.3) is 0 Å². The monoisotopic (exact) mass is 260 g/mol. The second-order valence-electron chi connectivity index (χ2n) is 4.68. The predicted octanol–water partition coefficient (Wildman–Crippen LogP) is 3.37. The third-order valence-corrected chi connectivity index (χ3v) is 3.06. The van der Waals surface area contributed by atoms with E-state index in [1.165, 1.54) is 0 Å². The van der Waals surface area contributed by atoms with Crippen molar-refractivity contribution in [3.05, 3.63) is 48.6 Å². The zero-order valence-corrected chi connectivity index (χ0v) is 11.5. The highest BCUT2D eigenvalue weighted by Gasteiger charge is 2.20. The molecule has 3 nitrogen and oxygen atoms in total. The van der Waals surface area contributed by atoms with E-state index in [4.69, 9.17) is 14.2 Å². The van der Waals surface area contributed by atoms with Gasteiger partial charge in [0.05, 0.1) is 19.3 Å². The summed E-state index contributed by atoms with van der Waals surface area (Å²) in [5.41, 5.74) is -0.196. The van der Waals surface area contributed by atoms with Crippen LogP contribution in [0.3, 0.4) is 0 Å². The van der Waals surface area contributed by atoms with Gasteiger partial charge in [-0.15, -0.1) is 0 Å². The van der Waals surface area contributed by atoms with Crippen molar-refractivity contribution in [2.45, 2.75) is 18.9 Å². The Balaban J connectivity index is 1.71. The maximum Gasteiger partial charge on any atom is 0.119 e. The first-order valence-corrected chi connectivity index (χ1v) is 6.47. The minimum atomic E-state index is -0.196. The summed E-state index contributed by atoms with van der Waals surface area (Å²) in [5.74, 6) is 1.66. The van der Waals surface area contributed by atoms with Gasteiger partial charge >= 0.3 is 0 Å². The van der Waals surface area contributed by atoms with Gasteiger partial charge in [-0.2, -0.15) is 0 Å². The molecule has 0 fully saturated rings. The first-order valence-electron chi connectivity index (χ1n) is 6.47. The lowest BCUT2D eigenvalue weighted by molar-refractivity contribution is -0.00736. The fourth-order valence-electron chi connectivity index (χ4n) is 1.92. The molecular weight excluding hydrogens is 240 g/mol. The van der Waals surface area contributed by atoms with Crippen molar-refractivity contribution in [1.29, 1.82) is 0 Å². The van der Waals surface area contributed by atoms with Gasteiger partial charge in [-0.05, 0) is 37.6 Å². The summed E-state index contributed by atoms with van der Waals surface area (Å²) in [6, 6.07) is 7.55. The van der Waals surface area contributed by atoms with Crippen LogP contribution in [0.5, 0.6) is 11.5 Å². The summed E-state index contributed by atoms with van der Waals surface area (Å²) < 4.78 is 16.6. The molecule has 3 heteroatoms. The summed E-state index contributed by atoms with van der Waals surface area (Å²) in [7, 11) is 1.65. The Bertz CT molecular complexity index is 448. The van der Waals surface area contributed by atoms with Crippen molar-refractivity contribution >= 4 is 0 Å². The lowest BCUT2D eigenvalue weighted by Gasteiger charge is -2.26. The Morgan fingerprint density at radius 3 is 2.42 bits per heavy atom. The van der Waals surface area contributed by atoms with Gasteiger partial charge in [-0.25, -0.2) is 0 Å². The number of methoxy groups -OCH3 is 1. The van der Waals surface area contributed by atoms with Gasteiger partial charge in [-0.3, -0.25) is 0 Å². The van der Waals surface area contributed by atoms with Crippen LogP contribution in [0.15, 0.2) is 48.6 Å². The Morgan fingerprint density at radius 1 is 1.05 bits per heavy atom. The molecule has 0 aliphatic heterocycles. The molecule has 0 saturated heterocycles. The molecule has 2 rings (SSSR count). The lowest BCUT2D eigenvalue weighted by Crippen LogP contribution is -2.28. The minimum absolute atomic E-state index is 0.196. The summed E-state index contributed by atoms with van der Waals surface area (Å²) >= 11 is 0. The Kier molecular flexibility index (Phi) is 4.63. The fraction of sp³-hybridized carbons (Fsp3) is 0.375. The van der Waals surface area contributed by atoms with Crippen LogP contribution in [0.2, 0.25) is 0 Å². The van der Waals surface area contributed by atoms with Crippen LogP contribution in [0.4, 0.5) is 0 Å². The van der Waals surface area contributed by atoms with Crippen LogP contribution in [0, 0.1) is 0 Å². The van der Waals surface area contributed by atoms with E-state index in [0.717, 1.165) is 17.9 Å². The summed E-state index contributed by atoms with van der Waals surface area (Å²) in [6.07, 6.45) is 9.17. The maximum absolute atomic E-state index is 5.85. The number of rotatable bonds is 6. The number of hydrogen-bond donors (Lipinski definition) is 0. The van der Waals surface area contributed by atoms with E-state index in [9.17, 15) is 0 Å². The average molecular weight is 260 g/mol. The number of benzene rings is 1. The standard InChI is InChI=1S/C16H20O3/c1-16(10-4-3-5-11-16)19-13-12-18-15-8-6-14(17-2)7-9-15/h3-10H,11-13H2,1-2H3. The molecule has 0 radical (unpaired) electrons. The lowest BCUT2D eigenvalue weighted by atomic mass is 9.98. The SMILES string of the molecule is COc1ccc(OCCOC2(C)C=CC=CC2)cc1. The number of ether oxygens (including phenoxy) is 3. The predicted molar refractivity (Wildman–Crippen MR) is 75.7 cm³/mol. The molecule has 1 aliphatic rings. The molecule has 0 amide bonds. The molecular formula is C16H20O3. The van der Waals surface area contributed by atoms with E-state index in [1.54, 1.807) is 7.11 Å². The topological polar surface area (TPSA) is 27.7 Å². The average Bonchev–Trinajstić information content (AvgIpc) is 2.45. The largest absolute Gasteiger partial charge is 0.497 e. The van der Waals surface area contributed by atoms with Crippen LogP contribution in [0.25, 0.3) is 0 Å². The summed E-state index contributed by atoms with van der Waals surface area (Å²) in [6.45, 7) is 3.20. The first-order chi connectivity index (χ1) is 9.22. The van der Waals surface area contributed by atoms with E-state index in [0.29, 0.717) is 13.2 Å². The van der Waals surface area contributed by atoms with E-state index in [-0.39, 0.29) is 5.60 Å². The van der Waals surface area contributed by atoms with E-state index in [2.05, 4.69) is 19.1 Å². The van der Waals surface area contributed by atoms with Crippen molar-refractivity contribution in [1.82, 2.24) is 0 Å². The van der Waals surface area contributed by atoms with Gasteiger partial charge in [0.15, 0.2) is 0 Å². The van der Waals surface area contributed by atoms with Gasteiger partial charge in [0.2, 0.25) is 0 Å². The van der Waals surface area contributed by atoms with Crippen molar-refractivity contribution in [3.63, 3.8) is 0 Å². The van der Waals surface area contributed by atoms with Crippen molar-refractivity contribution in [2.75, 3.05) is 20.3 Å². The Labute approximate surface area is 114 Å². The third kappa shape index (κ3) is 4.14. The van der Waals surface area contributed by atoms with Crippen molar-refractivity contribution < 1.29 is 14.2 Å². The molecule has 1 aromatic carbocycles. The first kappa shape index (κ1) is 13.7. The van der Waals surface area contributed by atoms with Crippen LogP contribution in [-0.2, 0) is 4.74 Å². The van der Waals surface area contributed by atoms with Crippen LogP contribution < -0.4 is 9.47 Å². The molecule has 1 unspecified atom stereocenters. The van der Waals surface area contributed by atoms with Gasteiger partial charge in [0.1, 0.15) is 18.1 Å². The smallest absolute Gasteiger partial charge is 0.119 e. The maximum atomic E-state index is 5.85. The molecule has 0 spiro atoms. The van der Waals surface area contributed by atoms with E-state index < -0.39 is 0 Å². The molecule has 1 aromatic rings. The molecule has 0 N–H and O–H groups in total. The van der Waals surface area contributed by atoms with Crippen LogP contribution >= 0.6 is 0 Å². The Morgan fingerprint density at radius 2 is 1.79 bits per heavy atom. The highest BCUT2D eigenvalue weighted by atomic mass is 16.5. The quantitative estimate of drug-likeness (QED) is 0.734. The highest BCUT2D eigenvalue weighted by Crippen LogP contribution is 2.21. The normalized spacial score (nSPS) is 21.4. The second-order valence-corrected chi connectivity index (χ2v) is 4.68. The van der Waals surface area contributed by atoms with Gasteiger partial charge < -0.3 is 14.2 Å². The molecule has 1 aliphatic carbocycles. The zero-order valence-electron chi connectivity index (χ0n) is 11.5. The molecule has 19 heavy (non-hydrogen) atoms. The second kappa shape index (κ2) is 6.43. The van der Waals surface area contributed by atoms with Crippen molar-refractivity contribution in [3.8, 4) is 11.5 Å². The number of hydrogen-bond acceptors (Lipinski definition) is 3. The number of allylic oxidation sites excluding steroid dienone is 2. The van der Waals surface area contributed by atoms with E-state index in [1.807, 2.05) is 36.4 Å². The van der Waals surface area contributed by atoms with Crippen LogP contribution in [0.1, 0.15) is 13.3 Å². The molecule has 0 heterocycles. The minimum Gasteiger partial charge on any atom is -0.497 e.